The molecule has 2 rings (SSSR count). The topological polar surface area (TPSA) is 41.1 Å². The van der Waals surface area contributed by atoms with Gasteiger partial charge in [0.1, 0.15) is 0 Å². The summed E-state index contributed by atoms with van der Waals surface area (Å²) < 4.78 is 1.73. The summed E-state index contributed by atoms with van der Waals surface area (Å²) in [5.41, 5.74) is 0.671. The maximum atomic E-state index is 12.1. The Hall–Kier alpha value is -0.390. The Balaban J connectivity index is 2.05. The summed E-state index contributed by atoms with van der Waals surface area (Å²) >= 11 is 6.78. The van der Waals surface area contributed by atoms with Crippen LogP contribution in [0.15, 0.2) is 27.1 Å². The molecule has 0 spiro atoms. The van der Waals surface area contributed by atoms with Gasteiger partial charge in [-0.25, -0.2) is 0 Å². The van der Waals surface area contributed by atoms with Gasteiger partial charge in [-0.15, -0.1) is 0 Å². The molecule has 0 radical (unpaired) electrons. The third kappa shape index (κ3) is 3.53. The van der Waals surface area contributed by atoms with E-state index in [0.717, 1.165) is 34.9 Å². The molecule has 1 atom stereocenters. The lowest BCUT2D eigenvalue weighted by Crippen LogP contribution is -2.45. The third-order valence-corrected chi connectivity index (χ3v) is 3.99. The van der Waals surface area contributed by atoms with Crippen LogP contribution in [-0.2, 0) is 0 Å². The van der Waals surface area contributed by atoms with E-state index in [-0.39, 0.29) is 11.9 Å². The predicted molar refractivity (Wildman–Crippen MR) is 75.2 cm³/mol. The van der Waals surface area contributed by atoms with Gasteiger partial charge in [0.05, 0.1) is 5.56 Å². The van der Waals surface area contributed by atoms with E-state index >= 15 is 0 Å². The average molecular weight is 362 g/mol. The molecule has 5 heteroatoms. The molecule has 0 bridgehead atoms. The highest BCUT2D eigenvalue weighted by atomic mass is 79.9. The molecule has 0 saturated carbocycles. The minimum atomic E-state index is -0.0214. The SMILES string of the molecule is O=C(N[C@H]1CCCNC1)c1cc(Br)ccc1Br. The zero-order valence-corrected chi connectivity index (χ0v) is 12.5. The van der Waals surface area contributed by atoms with Crippen LogP contribution in [0, 0.1) is 0 Å². The molecule has 1 aliphatic rings. The zero-order chi connectivity index (χ0) is 12.3. The van der Waals surface area contributed by atoms with Crippen molar-refractivity contribution in [1.29, 1.82) is 0 Å². The highest BCUT2D eigenvalue weighted by molar-refractivity contribution is 9.11. The van der Waals surface area contributed by atoms with E-state index in [1.165, 1.54) is 0 Å². The first-order valence-electron chi connectivity index (χ1n) is 5.63. The van der Waals surface area contributed by atoms with Crippen LogP contribution in [0.2, 0.25) is 0 Å². The first-order chi connectivity index (χ1) is 8.16. The first kappa shape index (κ1) is 13.1. The molecular weight excluding hydrogens is 348 g/mol. The Bertz CT molecular complexity index is 417. The predicted octanol–water partition coefficient (Wildman–Crippen LogP) is 2.69. The van der Waals surface area contributed by atoms with Crippen molar-refractivity contribution < 1.29 is 4.79 Å². The number of benzene rings is 1. The van der Waals surface area contributed by atoms with Gasteiger partial charge in [0.2, 0.25) is 0 Å². The minimum absolute atomic E-state index is 0.0214. The van der Waals surface area contributed by atoms with E-state index in [4.69, 9.17) is 0 Å². The molecule has 92 valence electrons. The molecule has 2 N–H and O–H groups in total. The molecule has 1 saturated heterocycles. The van der Waals surface area contributed by atoms with Gasteiger partial charge in [-0.3, -0.25) is 4.79 Å². The van der Waals surface area contributed by atoms with E-state index in [2.05, 4.69) is 42.5 Å². The average Bonchev–Trinajstić information content (AvgIpc) is 2.33. The number of carbonyl (C=O) groups is 1. The van der Waals surface area contributed by atoms with E-state index in [9.17, 15) is 4.79 Å². The molecule has 1 aliphatic heterocycles. The van der Waals surface area contributed by atoms with Gasteiger partial charge < -0.3 is 10.6 Å². The summed E-state index contributed by atoms with van der Waals surface area (Å²) in [5.74, 6) is -0.0214. The fourth-order valence-corrected chi connectivity index (χ4v) is 2.70. The van der Waals surface area contributed by atoms with Crippen LogP contribution in [0.4, 0.5) is 0 Å². The second-order valence-corrected chi connectivity index (χ2v) is 5.91. The Morgan fingerprint density at radius 2 is 2.24 bits per heavy atom. The van der Waals surface area contributed by atoms with Crippen molar-refractivity contribution in [3.63, 3.8) is 0 Å². The summed E-state index contributed by atoms with van der Waals surface area (Å²) in [6.45, 7) is 1.91. The van der Waals surface area contributed by atoms with E-state index in [1.54, 1.807) is 0 Å². The van der Waals surface area contributed by atoms with Gasteiger partial charge in [0.15, 0.2) is 0 Å². The molecule has 17 heavy (non-hydrogen) atoms. The van der Waals surface area contributed by atoms with Crippen LogP contribution >= 0.6 is 31.9 Å². The molecule has 0 aliphatic carbocycles. The number of amides is 1. The molecule has 3 nitrogen and oxygen atoms in total. The van der Waals surface area contributed by atoms with Crippen LogP contribution in [0.5, 0.6) is 0 Å². The molecule has 1 heterocycles. The van der Waals surface area contributed by atoms with Crippen molar-refractivity contribution in [2.45, 2.75) is 18.9 Å². The van der Waals surface area contributed by atoms with Crippen molar-refractivity contribution in [3.05, 3.63) is 32.7 Å². The Kier molecular flexibility index (Phi) is 4.59. The number of hydrogen-bond acceptors (Lipinski definition) is 2. The van der Waals surface area contributed by atoms with Gasteiger partial charge in [0.25, 0.3) is 5.91 Å². The highest BCUT2D eigenvalue weighted by Crippen LogP contribution is 2.21. The van der Waals surface area contributed by atoms with E-state index in [1.807, 2.05) is 18.2 Å². The fraction of sp³-hybridized carbons (Fsp3) is 0.417. The first-order valence-corrected chi connectivity index (χ1v) is 7.22. The van der Waals surface area contributed by atoms with E-state index < -0.39 is 0 Å². The monoisotopic (exact) mass is 360 g/mol. The second-order valence-electron chi connectivity index (χ2n) is 4.14. The van der Waals surface area contributed by atoms with Crippen LogP contribution in [0.3, 0.4) is 0 Å². The zero-order valence-electron chi connectivity index (χ0n) is 9.30. The molecular formula is C12H14Br2N2O. The smallest absolute Gasteiger partial charge is 0.252 e. The maximum absolute atomic E-state index is 12.1. The van der Waals surface area contributed by atoms with Crippen LogP contribution in [-0.4, -0.2) is 25.0 Å². The molecule has 1 aromatic carbocycles. The number of halogens is 2. The van der Waals surface area contributed by atoms with Crippen LogP contribution < -0.4 is 10.6 Å². The quantitative estimate of drug-likeness (QED) is 0.850. The number of rotatable bonds is 2. The van der Waals surface area contributed by atoms with Crippen LogP contribution in [0.1, 0.15) is 23.2 Å². The number of carbonyl (C=O) groups excluding carboxylic acids is 1. The van der Waals surface area contributed by atoms with Crippen molar-refractivity contribution in [1.82, 2.24) is 10.6 Å². The Morgan fingerprint density at radius 3 is 2.94 bits per heavy atom. The standard InChI is InChI=1S/C12H14Br2N2O/c13-8-3-4-11(14)10(6-8)12(17)16-9-2-1-5-15-7-9/h3-4,6,9,15H,1-2,5,7H2,(H,16,17)/t9-/m0/s1. The van der Waals surface area contributed by atoms with Crippen molar-refractivity contribution >= 4 is 37.8 Å². The lowest BCUT2D eigenvalue weighted by Gasteiger charge is -2.24. The number of hydrogen-bond donors (Lipinski definition) is 2. The summed E-state index contributed by atoms with van der Waals surface area (Å²) in [6.07, 6.45) is 2.16. The van der Waals surface area contributed by atoms with Gasteiger partial charge in [-0.2, -0.15) is 0 Å². The second kappa shape index (κ2) is 5.98. The summed E-state index contributed by atoms with van der Waals surface area (Å²) in [4.78, 5) is 12.1. The van der Waals surface area contributed by atoms with Gasteiger partial charge in [-0.1, -0.05) is 15.9 Å². The number of nitrogens with one attached hydrogen (secondary N) is 2. The van der Waals surface area contributed by atoms with Gasteiger partial charge >= 0.3 is 0 Å². The fourth-order valence-electron chi connectivity index (χ4n) is 1.91. The van der Waals surface area contributed by atoms with Gasteiger partial charge in [0, 0.05) is 21.5 Å². The normalized spacial score (nSPS) is 20.0. The molecule has 1 fully saturated rings. The number of piperidine rings is 1. The van der Waals surface area contributed by atoms with Crippen molar-refractivity contribution in [2.24, 2.45) is 0 Å². The maximum Gasteiger partial charge on any atom is 0.252 e. The lowest BCUT2D eigenvalue weighted by atomic mass is 10.1. The minimum Gasteiger partial charge on any atom is -0.348 e. The van der Waals surface area contributed by atoms with E-state index in [0.29, 0.717) is 5.56 Å². The summed E-state index contributed by atoms with van der Waals surface area (Å²) in [6, 6.07) is 5.85. The third-order valence-electron chi connectivity index (χ3n) is 2.81. The summed E-state index contributed by atoms with van der Waals surface area (Å²) in [5, 5.41) is 6.33. The largest absolute Gasteiger partial charge is 0.348 e. The Labute approximate surface area is 118 Å². The Morgan fingerprint density at radius 1 is 1.41 bits per heavy atom. The highest BCUT2D eigenvalue weighted by Gasteiger charge is 2.17. The molecule has 1 amide bonds. The molecule has 0 unspecified atom stereocenters. The van der Waals surface area contributed by atoms with Crippen LogP contribution in [0.25, 0.3) is 0 Å². The molecule has 0 aromatic heterocycles. The van der Waals surface area contributed by atoms with Crippen molar-refractivity contribution in [3.8, 4) is 0 Å². The van der Waals surface area contributed by atoms with Crippen molar-refractivity contribution in [2.75, 3.05) is 13.1 Å². The molecule has 1 aromatic rings. The lowest BCUT2D eigenvalue weighted by molar-refractivity contribution is 0.0930. The summed E-state index contributed by atoms with van der Waals surface area (Å²) in [7, 11) is 0. The van der Waals surface area contributed by atoms with Gasteiger partial charge in [-0.05, 0) is 53.5 Å².